The molecule has 0 aliphatic heterocycles. The lowest BCUT2D eigenvalue weighted by Crippen LogP contribution is -2.33. The van der Waals surface area contributed by atoms with Gasteiger partial charge in [0.25, 0.3) is 0 Å². The SMILES string of the molecule is C/C=C/CNC1CCC(Cl)CC1. The molecule has 0 atom stereocenters. The first-order valence-electron chi connectivity index (χ1n) is 4.81. The molecule has 0 aromatic carbocycles. The predicted octanol–water partition coefficient (Wildman–Crippen LogP) is 2.70. The largest absolute Gasteiger partial charge is 0.311 e. The Labute approximate surface area is 80.2 Å². The van der Waals surface area contributed by atoms with Crippen LogP contribution in [0, 0.1) is 0 Å². The van der Waals surface area contributed by atoms with Crippen LogP contribution >= 0.6 is 11.6 Å². The lowest BCUT2D eigenvalue weighted by atomic mass is 9.95. The molecule has 0 aromatic heterocycles. The molecular weight excluding hydrogens is 170 g/mol. The monoisotopic (exact) mass is 187 g/mol. The summed E-state index contributed by atoms with van der Waals surface area (Å²) in [6, 6.07) is 0.705. The molecule has 1 rings (SSSR count). The summed E-state index contributed by atoms with van der Waals surface area (Å²) in [6.07, 6.45) is 9.08. The van der Waals surface area contributed by atoms with Crippen LogP contribution in [0.2, 0.25) is 0 Å². The summed E-state index contributed by atoms with van der Waals surface area (Å²) in [5.41, 5.74) is 0. The van der Waals surface area contributed by atoms with E-state index in [2.05, 4.69) is 24.4 Å². The molecular formula is C10H18ClN. The average Bonchev–Trinajstić information content (AvgIpc) is 2.09. The molecule has 1 aliphatic carbocycles. The van der Waals surface area contributed by atoms with Crippen molar-refractivity contribution in [2.75, 3.05) is 6.54 Å². The van der Waals surface area contributed by atoms with Crippen LogP contribution in [-0.4, -0.2) is 18.0 Å². The van der Waals surface area contributed by atoms with Crippen molar-refractivity contribution in [1.29, 1.82) is 0 Å². The van der Waals surface area contributed by atoms with Gasteiger partial charge in [0.2, 0.25) is 0 Å². The molecule has 0 spiro atoms. The van der Waals surface area contributed by atoms with Gasteiger partial charge < -0.3 is 5.32 Å². The third kappa shape index (κ3) is 3.59. The molecule has 1 saturated carbocycles. The highest BCUT2D eigenvalue weighted by Gasteiger charge is 2.17. The van der Waals surface area contributed by atoms with E-state index in [1.165, 1.54) is 25.7 Å². The quantitative estimate of drug-likeness (QED) is 0.529. The standard InChI is InChI=1S/C10H18ClN/c1-2-3-8-12-10-6-4-9(11)5-7-10/h2-3,9-10,12H,4-8H2,1H3/b3-2+. The van der Waals surface area contributed by atoms with Gasteiger partial charge in [0.05, 0.1) is 0 Å². The minimum absolute atomic E-state index is 0.435. The van der Waals surface area contributed by atoms with Crippen LogP contribution in [-0.2, 0) is 0 Å². The molecule has 0 unspecified atom stereocenters. The maximum absolute atomic E-state index is 6.00. The smallest absolute Gasteiger partial charge is 0.0337 e. The fraction of sp³-hybridized carbons (Fsp3) is 0.800. The second-order valence-corrected chi connectivity index (χ2v) is 4.04. The van der Waals surface area contributed by atoms with E-state index >= 15 is 0 Å². The van der Waals surface area contributed by atoms with Crippen LogP contribution in [0.3, 0.4) is 0 Å². The van der Waals surface area contributed by atoms with Crippen molar-refractivity contribution < 1.29 is 0 Å². The summed E-state index contributed by atoms with van der Waals surface area (Å²) < 4.78 is 0. The van der Waals surface area contributed by atoms with Crippen molar-refractivity contribution in [3.63, 3.8) is 0 Å². The van der Waals surface area contributed by atoms with Crippen LogP contribution in [0.15, 0.2) is 12.2 Å². The second-order valence-electron chi connectivity index (χ2n) is 3.43. The van der Waals surface area contributed by atoms with E-state index in [-0.39, 0.29) is 0 Å². The molecule has 2 heteroatoms. The van der Waals surface area contributed by atoms with E-state index < -0.39 is 0 Å². The maximum Gasteiger partial charge on any atom is 0.0337 e. The summed E-state index contributed by atoms with van der Waals surface area (Å²) in [5, 5.41) is 3.93. The highest BCUT2D eigenvalue weighted by Crippen LogP contribution is 2.22. The van der Waals surface area contributed by atoms with Crippen molar-refractivity contribution in [3.05, 3.63) is 12.2 Å². The minimum atomic E-state index is 0.435. The van der Waals surface area contributed by atoms with Crippen molar-refractivity contribution in [3.8, 4) is 0 Å². The molecule has 0 aromatic rings. The molecule has 70 valence electrons. The predicted molar refractivity (Wildman–Crippen MR) is 54.7 cm³/mol. The number of rotatable bonds is 3. The minimum Gasteiger partial charge on any atom is -0.311 e. The normalized spacial score (nSPS) is 31.2. The number of halogens is 1. The number of hydrogen-bond donors (Lipinski definition) is 1. The van der Waals surface area contributed by atoms with Gasteiger partial charge in [0, 0.05) is 18.0 Å². The Hall–Kier alpha value is -0.0100. The molecule has 0 heterocycles. The Morgan fingerprint density at radius 3 is 2.58 bits per heavy atom. The van der Waals surface area contributed by atoms with Gasteiger partial charge in [-0.1, -0.05) is 12.2 Å². The van der Waals surface area contributed by atoms with Gasteiger partial charge in [-0.3, -0.25) is 0 Å². The summed E-state index contributed by atoms with van der Waals surface area (Å²) in [5.74, 6) is 0. The lowest BCUT2D eigenvalue weighted by molar-refractivity contribution is 0.389. The third-order valence-electron chi connectivity index (χ3n) is 2.42. The van der Waals surface area contributed by atoms with Crippen molar-refractivity contribution in [1.82, 2.24) is 5.32 Å². The van der Waals surface area contributed by atoms with E-state index in [1.807, 2.05) is 0 Å². The maximum atomic E-state index is 6.00. The van der Waals surface area contributed by atoms with Crippen LogP contribution in [0.1, 0.15) is 32.6 Å². The molecule has 1 fully saturated rings. The number of hydrogen-bond acceptors (Lipinski definition) is 1. The zero-order valence-corrected chi connectivity index (χ0v) is 8.48. The van der Waals surface area contributed by atoms with E-state index in [4.69, 9.17) is 11.6 Å². The van der Waals surface area contributed by atoms with Gasteiger partial charge in [0.15, 0.2) is 0 Å². The Bertz CT molecular complexity index is 137. The Morgan fingerprint density at radius 1 is 1.33 bits per heavy atom. The first kappa shape index (κ1) is 10.1. The summed E-state index contributed by atoms with van der Waals surface area (Å²) in [6.45, 7) is 3.06. The topological polar surface area (TPSA) is 12.0 Å². The van der Waals surface area contributed by atoms with Gasteiger partial charge in [0.1, 0.15) is 0 Å². The molecule has 0 amide bonds. The Balaban J connectivity index is 2.09. The average molecular weight is 188 g/mol. The van der Waals surface area contributed by atoms with Gasteiger partial charge in [-0.25, -0.2) is 0 Å². The summed E-state index contributed by atoms with van der Waals surface area (Å²) in [7, 11) is 0. The molecule has 1 aliphatic rings. The van der Waals surface area contributed by atoms with Crippen LogP contribution in [0.5, 0.6) is 0 Å². The van der Waals surface area contributed by atoms with E-state index in [0.29, 0.717) is 11.4 Å². The summed E-state index contributed by atoms with van der Waals surface area (Å²) >= 11 is 6.00. The van der Waals surface area contributed by atoms with Gasteiger partial charge in [-0.15, -0.1) is 11.6 Å². The second kappa shape index (κ2) is 5.60. The number of nitrogens with one attached hydrogen (secondary N) is 1. The van der Waals surface area contributed by atoms with Crippen LogP contribution in [0.25, 0.3) is 0 Å². The zero-order chi connectivity index (χ0) is 8.81. The van der Waals surface area contributed by atoms with Gasteiger partial charge in [-0.2, -0.15) is 0 Å². The van der Waals surface area contributed by atoms with Crippen LogP contribution < -0.4 is 5.32 Å². The van der Waals surface area contributed by atoms with Gasteiger partial charge in [-0.05, 0) is 32.6 Å². The zero-order valence-electron chi connectivity index (χ0n) is 7.72. The number of allylic oxidation sites excluding steroid dienone is 1. The third-order valence-corrected chi connectivity index (χ3v) is 2.85. The first-order valence-corrected chi connectivity index (χ1v) is 5.25. The van der Waals surface area contributed by atoms with Crippen LogP contribution in [0.4, 0.5) is 0 Å². The Kier molecular flexibility index (Phi) is 4.70. The summed E-state index contributed by atoms with van der Waals surface area (Å²) in [4.78, 5) is 0. The first-order chi connectivity index (χ1) is 5.83. The van der Waals surface area contributed by atoms with E-state index in [9.17, 15) is 0 Å². The fourth-order valence-corrected chi connectivity index (χ4v) is 1.86. The molecule has 1 N–H and O–H groups in total. The Morgan fingerprint density at radius 2 is 2.00 bits per heavy atom. The van der Waals surface area contributed by atoms with Crippen molar-refractivity contribution in [2.24, 2.45) is 0 Å². The highest BCUT2D eigenvalue weighted by atomic mass is 35.5. The number of alkyl halides is 1. The molecule has 1 nitrogen and oxygen atoms in total. The molecule has 0 radical (unpaired) electrons. The fourth-order valence-electron chi connectivity index (χ4n) is 1.61. The van der Waals surface area contributed by atoms with E-state index in [0.717, 1.165) is 6.54 Å². The molecule has 0 bridgehead atoms. The molecule has 12 heavy (non-hydrogen) atoms. The van der Waals surface area contributed by atoms with Gasteiger partial charge >= 0.3 is 0 Å². The highest BCUT2D eigenvalue weighted by molar-refractivity contribution is 6.20. The van der Waals surface area contributed by atoms with Crippen molar-refractivity contribution >= 4 is 11.6 Å². The van der Waals surface area contributed by atoms with Crippen molar-refractivity contribution in [2.45, 2.75) is 44.0 Å². The lowest BCUT2D eigenvalue weighted by Gasteiger charge is -2.25. The van der Waals surface area contributed by atoms with E-state index in [1.54, 1.807) is 0 Å². The molecule has 0 saturated heterocycles.